The van der Waals surface area contributed by atoms with Crippen LogP contribution in [0.25, 0.3) is 6.08 Å². The maximum Gasteiger partial charge on any atom is 0.266 e. The van der Waals surface area contributed by atoms with Crippen molar-refractivity contribution in [2.75, 3.05) is 13.7 Å². The van der Waals surface area contributed by atoms with Crippen molar-refractivity contribution >= 4 is 50.5 Å². The third-order valence-electron chi connectivity index (χ3n) is 5.31. The minimum atomic E-state index is -0.331. The number of rotatable bonds is 7. The monoisotopic (exact) mass is 554 g/mol. The predicted molar refractivity (Wildman–Crippen MR) is 143 cm³/mol. The van der Waals surface area contributed by atoms with Gasteiger partial charge in [-0.05, 0) is 95.1 Å². The molecule has 1 aliphatic heterocycles. The van der Waals surface area contributed by atoms with Gasteiger partial charge in [0.2, 0.25) is 0 Å². The Labute approximate surface area is 216 Å². The van der Waals surface area contributed by atoms with E-state index in [-0.39, 0.29) is 11.7 Å². The van der Waals surface area contributed by atoms with Gasteiger partial charge < -0.3 is 9.47 Å². The normalized spacial score (nSPS) is 15.8. The molecule has 3 aromatic carbocycles. The number of aliphatic imine (C=N–C) groups is 1. The van der Waals surface area contributed by atoms with Gasteiger partial charge in [-0.15, -0.1) is 0 Å². The Morgan fingerprint density at radius 1 is 1.11 bits per heavy atom. The number of thioether (sulfide) groups is 1. The molecule has 1 amide bonds. The summed E-state index contributed by atoms with van der Waals surface area (Å²) in [6.07, 6.45) is 1.81. The van der Waals surface area contributed by atoms with Crippen LogP contribution in [0.2, 0.25) is 0 Å². The van der Waals surface area contributed by atoms with Crippen molar-refractivity contribution in [3.8, 4) is 11.5 Å². The summed E-state index contributed by atoms with van der Waals surface area (Å²) in [6, 6.07) is 17.7. The molecule has 8 heteroatoms. The van der Waals surface area contributed by atoms with Crippen LogP contribution in [-0.4, -0.2) is 29.6 Å². The lowest BCUT2D eigenvalue weighted by Gasteiger charge is -2.14. The molecule has 3 aromatic rings. The van der Waals surface area contributed by atoms with Gasteiger partial charge in [0.05, 0.1) is 22.2 Å². The molecule has 0 saturated carbocycles. The Balaban J connectivity index is 1.58. The lowest BCUT2D eigenvalue weighted by atomic mass is 10.1. The molecule has 0 N–H and O–H groups in total. The van der Waals surface area contributed by atoms with Gasteiger partial charge in [-0.1, -0.05) is 29.8 Å². The largest absolute Gasteiger partial charge is 0.493 e. The summed E-state index contributed by atoms with van der Waals surface area (Å²) in [4.78, 5) is 19.7. The van der Waals surface area contributed by atoms with Gasteiger partial charge in [-0.3, -0.25) is 9.69 Å². The first kappa shape index (κ1) is 25.0. The quantitative estimate of drug-likeness (QED) is 0.292. The molecule has 0 aliphatic carbocycles. The van der Waals surface area contributed by atoms with E-state index in [2.05, 4.69) is 20.9 Å². The van der Waals surface area contributed by atoms with E-state index >= 15 is 0 Å². The fourth-order valence-corrected chi connectivity index (χ4v) is 5.09. The van der Waals surface area contributed by atoms with Crippen molar-refractivity contribution in [2.45, 2.75) is 20.5 Å². The second-order valence-electron chi connectivity index (χ2n) is 7.84. The van der Waals surface area contributed by atoms with Crippen LogP contribution in [0.1, 0.15) is 23.6 Å². The Bertz CT molecular complexity index is 1290. The van der Waals surface area contributed by atoms with Crippen molar-refractivity contribution in [2.24, 2.45) is 4.99 Å². The number of amidine groups is 1. The van der Waals surface area contributed by atoms with Crippen LogP contribution in [0.4, 0.5) is 10.1 Å². The number of ether oxygens (including phenoxy) is 2. The molecule has 4 rings (SSSR count). The van der Waals surface area contributed by atoms with Gasteiger partial charge in [0.1, 0.15) is 12.4 Å². The van der Waals surface area contributed by atoms with Gasteiger partial charge >= 0.3 is 0 Å². The molecule has 1 saturated heterocycles. The highest BCUT2D eigenvalue weighted by Gasteiger charge is 2.32. The number of hydrogen-bond donors (Lipinski definition) is 0. The van der Waals surface area contributed by atoms with Crippen LogP contribution >= 0.6 is 27.7 Å². The lowest BCUT2D eigenvalue weighted by Crippen LogP contribution is -2.28. The minimum absolute atomic E-state index is 0.131. The van der Waals surface area contributed by atoms with Crippen molar-refractivity contribution in [1.82, 2.24) is 4.90 Å². The van der Waals surface area contributed by atoms with E-state index in [0.717, 1.165) is 15.6 Å². The average Bonchev–Trinajstić information content (AvgIpc) is 3.14. The molecule has 1 fully saturated rings. The highest BCUT2D eigenvalue weighted by molar-refractivity contribution is 9.10. The second-order valence-corrected chi connectivity index (χ2v) is 9.70. The molecule has 0 bridgehead atoms. The number of amides is 1. The minimum Gasteiger partial charge on any atom is -0.493 e. The predicted octanol–water partition coefficient (Wildman–Crippen LogP) is 7.11. The van der Waals surface area contributed by atoms with Crippen LogP contribution in [0.3, 0.4) is 0 Å². The average molecular weight is 555 g/mol. The number of nitrogens with zero attached hydrogens (tertiary/aromatic N) is 2. The maximum absolute atomic E-state index is 13.2. The van der Waals surface area contributed by atoms with Gasteiger partial charge in [-0.25, -0.2) is 9.38 Å². The van der Waals surface area contributed by atoms with Crippen LogP contribution in [0, 0.1) is 12.7 Å². The zero-order valence-corrected chi connectivity index (χ0v) is 22.0. The summed E-state index contributed by atoms with van der Waals surface area (Å²) in [6.45, 7) is 4.81. The molecule has 1 heterocycles. The van der Waals surface area contributed by atoms with Crippen molar-refractivity contribution in [3.63, 3.8) is 0 Å². The van der Waals surface area contributed by atoms with Gasteiger partial charge in [0.15, 0.2) is 16.7 Å². The smallest absolute Gasteiger partial charge is 0.266 e. The molecular formula is C27H24BrFN2O3S. The Hall–Kier alpha value is -3.10. The molecule has 0 aromatic heterocycles. The summed E-state index contributed by atoms with van der Waals surface area (Å²) < 4.78 is 25.6. The Morgan fingerprint density at radius 2 is 1.83 bits per heavy atom. The van der Waals surface area contributed by atoms with E-state index in [9.17, 15) is 9.18 Å². The molecule has 35 heavy (non-hydrogen) atoms. The molecule has 0 atom stereocenters. The summed E-state index contributed by atoms with van der Waals surface area (Å²) in [5.74, 6) is 0.687. The third-order valence-corrected chi connectivity index (χ3v) is 6.90. The molecule has 180 valence electrons. The molecular weight excluding hydrogens is 531 g/mol. The maximum atomic E-state index is 13.2. The third kappa shape index (κ3) is 5.94. The second kappa shape index (κ2) is 11.1. The number of methoxy groups -OCH3 is 1. The zero-order chi connectivity index (χ0) is 24.9. The standard InChI is InChI=1S/C27H24BrFN2O3S/c1-4-31-26(32)24(35-27(31)30-21-11-9-20(29)10-12-21)15-19-13-22(28)25(23(14-19)33-3)34-16-18-7-5-17(2)6-8-18/h5-15H,4,16H2,1-3H3/b24-15+,30-27?. The topological polar surface area (TPSA) is 51.1 Å². The number of carbonyl (C=O) groups excluding carboxylic acids is 1. The van der Waals surface area contributed by atoms with E-state index in [4.69, 9.17) is 9.47 Å². The van der Waals surface area contributed by atoms with E-state index in [1.807, 2.05) is 50.2 Å². The van der Waals surface area contributed by atoms with Gasteiger partial charge in [0, 0.05) is 6.54 Å². The Kier molecular flexibility index (Phi) is 7.93. The number of hydrogen-bond acceptors (Lipinski definition) is 5. The van der Waals surface area contributed by atoms with Gasteiger partial charge in [-0.2, -0.15) is 0 Å². The highest BCUT2D eigenvalue weighted by Crippen LogP contribution is 2.40. The number of likely N-dealkylation sites (N-methyl/N-ethyl adjacent to an activating group) is 1. The van der Waals surface area contributed by atoms with Crippen LogP contribution in [0.15, 0.2) is 75.0 Å². The van der Waals surface area contributed by atoms with Gasteiger partial charge in [0.25, 0.3) is 5.91 Å². The SMILES string of the molecule is CCN1C(=O)/C(=C\c2cc(Br)c(OCc3ccc(C)cc3)c(OC)c2)SC1=Nc1ccc(F)cc1. The first-order valence-electron chi connectivity index (χ1n) is 11.0. The first-order valence-corrected chi connectivity index (χ1v) is 12.6. The summed E-state index contributed by atoms with van der Waals surface area (Å²) in [5, 5.41) is 0.555. The molecule has 5 nitrogen and oxygen atoms in total. The van der Waals surface area contributed by atoms with E-state index < -0.39 is 0 Å². The van der Waals surface area contributed by atoms with Crippen LogP contribution < -0.4 is 9.47 Å². The van der Waals surface area contributed by atoms with Crippen LogP contribution in [0.5, 0.6) is 11.5 Å². The van der Waals surface area contributed by atoms with E-state index in [1.165, 1.54) is 29.5 Å². The fraction of sp³-hybridized carbons (Fsp3) is 0.185. The van der Waals surface area contributed by atoms with Crippen molar-refractivity contribution in [1.29, 1.82) is 0 Å². The van der Waals surface area contributed by atoms with Crippen LogP contribution in [-0.2, 0) is 11.4 Å². The number of carbonyl (C=O) groups is 1. The molecule has 1 aliphatic rings. The summed E-state index contributed by atoms with van der Waals surface area (Å²) >= 11 is 4.87. The lowest BCUT2D eigenvalue weighted by molar-refractivity contribution is -0.122. The first-order chi connectivity index (χ1) is 16.9. The number of halogens is 2. The molecule has 0 unspecified atom stereocenters. The summed E-state index contributed by atoms with van der Waals surface area (Å²) in [7, 11) is 1.58. The zero-order valence-electron chi connectivity index (χ0n) is 19.5. The molecule has 0 radical (unpaired) electrons. The van der Waals surface area contributed by atoms with Crippen molar-refractivity contribution in [3.05, 3.63) is 92.5 Å². The van der Waals surface area contributed by atoms with E-state index in [1.54, 1.807) is 30.2 Å². The fourth-order valence-electron chi connectivity index (χ4n) is 3.45. The Morgan fingerprint density at radius 3 is 2.49 bits per heavy atom. The number of benzene rings is 3. The van der Waals surface area contributed by atoms with E-state index in [0.29, 0.717) is 40.4 Å². The molecule has 0 spiro atoms. The van der Waals surface area contributed by atoms with Crippen molar-refractivity contribution < 1.29 is 18.7 Å². The number of aryl methyl sites for hydroxylation is 1. The highest BCUT2D eigenvalue weighted by atomic mass is 79.9. The summed E-state index contributed by atoms with van der Waals surface area (Å²) in [5.41, 5.74) is 3.61.